The summed E-state index contributed by atoms with van der Waals surface area (Å²) in [6.07, 6.45) is -2.38. The highest BCUT2D eigenvalue weighted by Gasteiger charge is 2.42. The molecule has 50 heteroatoms. The van der Waals surface area contributed by atoms with Crippen molar-refractivity contribution in [2.45, 2.75) is 273 Å². The molecule has 796 valence electrons. The minimum atomic E-state index is -2.06. The highest BCUT2D eigenvalue weighted by molar-refractivity contribution is 6.03. The van der Waals surface area contributed by atoms with E-state index >= 15 is 0 Å². The topological polar surface area (TPSA) is 837 Å². The first kappa shape index (κ1) is 121. The number of benzene rings is 3. The number of aromatic nitrogens is 1. The Bertz CT molecular complexity index is 5080. The lowest BCUT2D eigenvalue weighted by molar-refractivity contribution is -0.140. The first-order valence-electron chi connectivity index (χ1n) is 47.8. The van der Waals surface area contributed by atoms with E-state index in [1.165, 1.54) is 62.3 Å². The van der Waals surface area contributed by atoms with Crippen LogP contribution in [-0.2, 0) is 110 Å². The molecular formula is C95H142N26O24. The number of nitrogens with one attached hydrogen (secondary N) is 17. The molecule has 3 aromatic carbocycles. The Morgan fingerprint density at radius 3 is 1.22 bits per heavy atom. The number of carbonyl (C=O) groups excluding carboxylic acids is 20. The van der Waals surface area contributed by atoms with Crippen molar-refractivity contribution < 1.29 is 116 Å². The van der Waals surface area contributed by atoms with Gasteiger partial charge in [0.1, 0.15) is 102 Å². The maximum atomic E-state index is 14.9. The van der Waals surface area contributed by atoms with E-state index in [4.69, 9.17) is 45.5 Å². The number of hydrogen-bond donors (Lipinski definition) is 28. The van der Waals surface area contributed by atoms with Crippen LogP contribution >= 0.6 is 0 Å². The molecule has 17 atom stereocenters. The fourth-order valence-corrected chi connectivity index (χ4v) is 15.4. The quantitative estimate of drug-likeness (QED) is 0.0111. The Kier molecular flexibility index (Phi) is 51.4. The number of carbonyl (C=O) groups is 20. The average molecular weight is 2030 g/mol. The van der Waals surface area contributed by atoms with Crippen molar-refractivity contribution in [3.8, 4) is 5.75 Å². The molecule has 0 spiro atoms. The molecule has 1 fully saturated rings. The van der Waals surface area contributed by atoms with E-state index in [1.54, 1.807) is 87.5 Å². The smallest absolute Gasteiger partial charge is 0.253 e. The SMILES string of the molecule is Cc1ccncc1C(=O)N[C@@H](Cc1ccc(O)cc1)C(=O)N[C@@H](CC(C)C)C(=O)N[C@@H](CCC(N)=O)C(=O)N[C@@H](CC(N)=O)C(=O)N[C@H](C(=O)N[C@@H](Cc1ccccc1)C(=O)N[C@@H](CCCCN)C(=O)N[C@H](C(=O)N[C@@H](CO)C(=O)N[C@@H](CCCCN)C(=O)N[C@@H](CCCNC(=N)N)C(=O)N[C@@H](CCC(N)=O)C(=O)N[C@@H](CO)C(=O)N[C@@H](Cc1ccccc1)C(=O)N[C@@H](C)C(=O)N1CCC[C@H]1C(N)=O)C(C)C)[C@@H](C)O. The lowest BCUT2D eigenvalue weighted by Crippen LogP contribution is -2.63. The van der Waals surface area contributed by atoms with Gasteiger partial charge in [0, 0.05) is 57.6 Å². The first-order chi connectivity index (χ1) is 68.7. The van der Waals surface area contributed by atoms with Gasteiger partial charge in [0.05, 0.1) is 31.3 Å². The van der Waals surface area contributed by atoms with Crippen LogP contribution in [0.25, 0.3) is 0 Å². The Morgan fingerprint density at radius 1 is 0.421 bits per heavy atom. The number of rotatable bonds is 64. The lowest BCUT2D eigenvalue weighted by Gasteiger charge is -2.29. The zero-order valence-electron chi connectivity index (χ0n) is 82.4. The van der Waals surface area contributed by atoms with Crippen molar-refractivity contribution in [1.82, 2.24) is 95.0 Å². The summed E-state index contributed by atoms with van der Waals surface area (Å²) in [7, 11) is 0. The fourth-order valence-electron chi connectivity index (χ4n) is 15.4. The molecule has 50 nitrogen and oxygen atoms in total. The number of pyridine rings is 1. The van der Waals surface area contributed by atoms with Crippen LogP contribution < -0.4 is 125 Å². The summed E-state index contributed by atoms with van der Waals surface area (Å²) in [5, 5.41) is 90.2. The van der Waals surface area contributed by atoms with Crippen molar-refractivity contribution >= 4 is 124 Å². The van der Waals surface area contributed by atoms with Crippen LogP contribution in [0.1, 0.15) is 177 Å². The Hall–Kier alpha value is -14.9. The highest BCUT2D eigenvalue weighted by Crippen LogP contribution is 2.21. The van der Waals surface area contributed by atoms with Gasteiger partial charge in [-0.3, -0.25) is 106 Å². The van der Waals surface area contributed by atoms with E-state index in [1.807, 2.05) is 0 Å². The number of guanidine groups is 1. The monoisotopic (exact) mass is 2030 g/mol. The summed E-state index contributed by atoms with van der Waals surface area (Å²) < 4.78 is 0. The molecule has 1 aliphatic rings. The van der Waals surface area contributed by atoms with Crippen LogP contribution in [0, 0.1) is 24.2 Å². The summed E-state index contributed by atoms with van der Waals surface area (Å²) in [5.74, 6) is -22.5. The number of aryl methyl sites for hydroxylation is 1. The van der Waals surface area contributed by atoms with Crippen LogP contribution in [0.2, 0.25) is 0 Å². The molecule has 0 aliphatic carbocycles. The van der Waals surface area contributed by atoms with Gasteiger partial charge in [0.2, 0.25) is 112 Å². The maximum absolute atomic E-state index is 14.9. The van der Waals surface area contributed by atoms with Crippen LogP contribution in [0.4, 0.5) is 0 Å². The van der Waals surface area contributed by atoms with Crippen molar-refractivity contribution in [3.05, 3.63) is 131 Å². The number of hydrogen-bond acceptors (Lipinski definition) is 28. The van der Waals surface area contributed by atoms with Gasteiger partial charge in [-0.1, -0.05) is 100 Å². The van der Waals surface area contributed by atoms with Crippen LogP contribution in [0.3, 0.4) is 0 Å². The Labute approximate surface area is 838 Å². The Morgan fingerprint density at radius 2 is 0.793 bits per heavy atom. The van der Waals surface area contributed by atoms with Gasteiger partial charge in [-0.2, -0.15) is 0 Å². The number of nitrogens with two attached hydrogens (primary N) is 7. The standard InChI is InChI=1S/C95H142N26O24/c1-50(2)42-65(113-88(139)67(45-57-28-30-58(125)31-29-57)112-79(130)59-47-104-40-36-52(59)5)86(137)111-63(32-34-73(98)126)82(133)115-69(46-75(100)128)89(140)120-77(54(7)124)93(144)116-68(44-56-22-12-9-13-23-56)87(138)108-61(25-15-17-38-97)84(135)119-76(51(3)4)92(143)118-71(49-123)90(141)109-60(24-14-16-37-96)80(131)107-62(26-18-39-105-95(102)103)81(132)110-64(33-35-74(99)127)83(134)117-70(48-122)91(142)114-66(43-55-20-10-8-11-21-55)85(136)106-53(6)94(145)121-41-19-27-72(121)78(101)129/h8-13,20-23,28-31,36,40,47,50-51,53-54,60-72,76-77,122-125H,14-19,24-27,32-35,37-39,41-46,48-49,96-97H2,1-7H3,(H2,98,126)(H2,99,127)(H2,100,128)(H2,101,129)(H,106,136)(H,107,131)(H,108,138)(H,109,141)(H,110,132)(H,111,137)(H,112,130)(H,113,139)(H,114,142)(H,115,133)(H,116,144)(H,117,134)(H,118,143)(H,119,135)(H,120,140)(H4,102,103,105)/t53-,54+,60-,61-,62-,63-,64-,65-,66-,67-,68-,69-,70-,71-,72-,76-,77-/m0/s1. The third-order valence-corrected chi connectivity index (χ3v) is 23.4. The van der Waals surface area contributed by atoms with Crippen LogP contribution in [0.5, 0.6) is 5.75 Å². The molecule has 2 heterocycles. The number of aliphatic hydroxyl groups excluding tert-OH is 3. The molecule has 0 radical (unpaired) electrons. The summed E-state index contributed by atoms with van der Waals surface area (Å²) in [5.41, 5.74) is 41.5. The first-order valence-corrected chi connectivity index (χ1v) is 47.8. The zero-order chi connectivity index (χ0) is 108. The molecule has 1 saturated heterocycles. The van der Waals surface area contributed by atoms with Crippen molar-refractivity contribution in [2.75, 3.05) is 39.4 Å². The summed E-state index contributed by atoms with van der Waals surface area (Å²) in [6.45, 7) is 8.45. The largest absolute Gasteiger partial charge is 0.508 e. The van der Waals surface area contributed by atoms with Gasteiger partial charge >= 0.3 is 0 Å². The van der Waals surface area contributed by atoms with E-state index in [0.29, 0.717) is 35.1 Å². The van der Waals surface area contributed by atoms with E-state index < -0.39 is 278 Å². The highest BCUT2D eigenvalue weighted by atomic mass is 16.3. The maximum Gasteiger partial charge on any atom is 0.253 e. The Balaban J connectivity index is 1.36. The third kappa shape index (κ3) is 41.9. The number of likely N-dealkylation sites (tertiary alicyclic amines) is 1. The molecule has 0 saturated carbocycles. The normalized spacial score (nSPS) is 15.5. The van der Waals surface area contributed by atoms with Gasteiger partial charge in [0.15, 0.2) is 5.96 Å². The summed E-state index contributed by atoms with van der Waals surface area (Å²) in [4.78, 5) is 285. The van der Waals surface area contributed by atoms with Crippen LogP contribution in [-0.4, -0.2) is 297 Å². The van der Waals surface area contributed by atoms with E-state index in [2.05, 4.69) is 90.1 Å². The molecule has 4 aromatic rings. The lowest BCUT2D eigenvalue weighted by atomic mass is 10.00. The van der Waals surface area contributed by atoms with Gasteiger partial charge in [0.25, 0.3) is 5.91 Å². The third-order valence-electron chi connectivity index (χ3n) is 23.4. The molecule has 20 amide bonds. The second-order valence-electron chi connectivity index (χ2n) is 36.1. The van der Waals surface area contributed by atoms with E-state index in [0.717, 1.165) is 6.92 Å². The molecule has 145 heavy (non-hydrogen) atoms. The number of amides is 20. The van der Waals surface area contributed by atoms with Crippen molar-refractivity contribution in [1.29, 1.82) is 5.41 Å². The molecular weight excluding hydrogens is 1890 g/mol. The van der Waals surface area contributed by atoms with E-state index in [-0.39, 0.29) is 120 Å². The number of primary amides is 4. The number of phenols is 1. The van der Waals surface area contributed by atoms with E-state index in [9.17, 15) is 116 Å². The molecule has 0 unspecified atom stereocenters. The summed E-state index contributed by atoms with van der Waals surface area (Å²) in [6, 6.07) is -2.59. The van der Waals surface area contributed by atoms with Gasteiger partial charge < -0.3 is 151 Å². The second kappa shape index (κ2) is 61.8. The van der Waals surface area contributed by atoms with Gasteiger partial charge in [-0.15, -0.1) is 0 Å². The summed E-state index contributed by atoms with van der Waals surface area (Å²) >= 11 is 0. The number of phenolic OH excluding ortho intramolecular Hbond substituents is 1. The molecule has 1 aliphatic heterocycles. The van der Waals surface area contributed by atoms with Gasteiger partial charge in [-0.25, -0.2) is 0 Å². The predicted octanol–water partition coefficient (Wildman–Crippen LogP) is -7.80. The van der Waals surface area contributed by atoms with Gasteiger partial charge in [-0.05, 0) is 170 Å². The zero-order valence-corrected chi connectivity index (χ0v) is 82.4. The molecule has 35 N–H and O–H groups in total. The molecule has 0 bridgehead atoms. The molecule has 5 rings (SSSR count). The number of aliphatic hydroxyl groups is 3. The van der Waals surface area contributed by atoms with Crippen molar-refractivity contribution in [2.24, 2.45) is 52.0 Å². The number of unbranched alkanes of at least 4 members (excludes halogenated alkanes) is 2. The molecule has 1 aromatic heterocycles. The number of nitrogens with zero attached hydrogens (tertiary/aromatic N) is 2. The second-order valence-corrected chi connectivity index (χ2v) is 36.1. The predicted molar refractivity (Wildman–Crippen MR) is 525 cm³/mol. The number of aromatic hydroxyl groups is 1. The van der Waals surface area contributed by atoms with Crippen molar-refractivity contribution in [3.63, 3.8) is 0 Å². The fraction of sp³-hybridized carbons (Fsp3) is 0.537. The average Bonchev–Trinajstić information content (AvgIpc) is 1.74. The minimum absolute atomic E-state index is 0.0446. The van der Waals surface area contributed by atoms with Crippen LogP contribution in [0.15, 0.2) is 103 Å². The minimum Gasteiger partial charge on any atom is -0.508 e.